The van der Waals surface area contributed by atoms with E-state index in [1.807, 2.05) is 19.1 Å². The van der Waals surface area contributed by atoms with Gasteiger partial charge in [0, 0.05) is 28.4 Å². The number of fused-ring (bicyclic) bond motifs is 1. The topological polar surface area (TPSA) is 50.9 Å². The number of aryl methyl sites for hydroxylation is 1. The Hall–Kier alpha value is -1.47. The monoisotopic (exact) mass is 423 g/mol. The Morgan fingerprint density at radius 1 is 1.48 bits per heavy atom. The summed E-state index contributed by atoms with van der Waals surface area (Å²) in [5.41, 5.74) is 9.64. The van der Waals surface area contributed by atoms with Gasteiger partial charge in [-0.3, -0.25) is 0 Å². The predicted octanol–water partition coefficient (Wildman–Crippen LogP) is 6.11. The SMILES string of the molecule is C=C(C)C(F)C[C@H](N)Cc1sc2c(NCc3cccs3)cc(Cl)nc2c1C. The first-order valence-corrected chi connectivity index (χ1v) is 10.8. The number of allylic oxidation sites excluding steroid dienone is 1. The molecule has 0 saturated carbocycles. The van der Waals surface area contributed by atoms with Gasteiger partial charge >= 0.3 is 0 Å². The van der Waals surface area contributed by atoms with E-state index in [4.69, 9.17) is 17.3 Å². The van der Waals surface area contributed by atoms with Gasteiger partial charge in [0.15, 0.2) is 0 Å². The van der Waals surface area contributed by atoms with Crippen molar-refractivity contribution in [3.8, 4) is 0 Å². The first-order valence-electron chi connectivity index (χ1n) is 8.75. The van der Waals surface area contributed by atoms with Crippen molar-refractivity contribution in [3.05, 3.63) is 56.2 Å². The molecule has 0 aliphatic carbocycles. The fourth-order valence-electron chi connectivity index (χ4n) is 2.90. The maximum Gasteiger partial charge on any atom is 0.131 e. The van der Waals surface area contributed by atoms with Gasteiger partial charge in [-0.15, -0.1) is 22.7 Å². The number of nitrogens with one attached hydrogen (secondary N) is 1. The van der Waals surface area contributed by atoms with Crippen molar-refractivity contribution in [2.45, 2.75) is 45.4 Å². The summed E-state index contributed by atoms with van der Waals surface area (Å²) >= 11 is 9.61. The number of hydrogen-bond acceptors (Lipinski definition) is 5. The quantitative estimate of drug-likeness (QED) is 0.339. The highest BCUT2D eigenvalue weighted by molar-refractivity contribution is 7.19. The van der Waals surface area contributed by atoms with Gasteiger partial charge in [-0.05, 0) is 49.3 Å². The van der Waals surface area contributed by atoms with Crippen molar-refractivity contribution < 1.29 is 4.39 Å². The first kappa shape index (κ1) is 20.3. The molecule has 0 radical (unpaired) electrons. The fraction of sp³-hybridized carbons (Fsp3) is 0.350. The van der Waals surface area contributed by atoms with Crippen molar-refractivity contribution in [3.63, 3.8) is 0 Å². The number of thiophene rings is 2. The van der Waals surface area contributed by atoms with Gasteiger partial charge in [-0.25, -0.2) is 9.37 Å². The van der Waals surface area contributed by atoms with E-state index in [-0.39, 0.29) is 12.5 Å². The summed E-state index contributed by atoms with van der Waals surface area (Å²) in [4.78, 5) is 6.88. The number of nitrogens with zero attached hydrogens (tertiary/aromatic N) is 1. The van der Waals surface area contributed by atoms with Crippen LogP contribution in [-0.4, -0.2) is 17.2 Å². The third-order valence-electron chi connectivity index (χ3n) is 4.47. The van der Waals surface area contributed by atoms with Gasteiger partial charge in [0.05, 0.1) is 15.9 Å². The average Bonchev–Trinajstić information content (AvgIpc) is 3.22. The number of anilines is 1. The highest BCUT2D eigenvalue weighted by Gasteiger charge is 2.19. The molecule has 27 heavy (non-hydrogen) atoms. The smallest absolute Gasteiger partial charge is 0.131 e. The van der Waals surface area contributed by atoms with E-state index in [0.29, 0.717) is 17.1 Å². The van der Waals surface area contributed by atoms with Crippen LogP contribution in [0.3, 0.4) is 0 Å². The van der Waals surface area contributed by atoms with E-state index >= 15 is 0 Å². The summed E-state index contributed by atoms with van der Waals surface area (Å²) in [6.07, 6.45) is -0.172. The van der Waals surface area contributed by atoms with Crippen LogP contribution < -0.4 is 11.1 Å². The zero-order chi connectivity index (χ0) is 19.6. The van der Waals surface area contributed by atoms with Crippen molar-refractivity contribution >= 4 is 50.2 Å². The lowest BCUT2D eigenvalue weighted by Crippen LogP contribution is -2.27. The maximum absolute atomic E-state index is 13.9. The molecule has 7 heteroatoms. The Labute approximate surface area is 172 Å². The maximum atomic E-state index is 13.9. The molecule has 0 aliphatic heterocycles. The normalized spacial score (nSPS) is 13.7. The van der Waals surface area contributed by atoms with Gasteiger partial charge in [-0.2, -0.15) is 0 Å². The fourth-order valence-corrected chi connectivity index (χ4v) is 5.07. The molecular formula is C20H23ClFN3S2. The molecule has 3 heterocycles. The van der Waals surface area contributed by atoms with Crippen LogP contribution in [0.4, 0.5) is 10.1 Å². The van der Waals surface area contributed by atoms with E-state index in [1.54, 1.807) is 29.6 Å². The number of alkyl halides is 1. The van der Waals surface area contributed by atoms with Gasteiger partial charge in [-0.1, -0.05) is 24.2 Å². The van der Waals surface area contributed by atoms with Crippen LogP contribution >= 0.6 is 34.3 Å². The van der Waals surface area contributed by atoms with Crippen LogP contribution in [0.5, 0.6) is 0 Å². The molecule has 0 aromatic carbocycles. The lowest BCUT2D eigenvalue weighted by Gasteiger charge is -2.14. The number of halogens is 2. The third kappa shape index (κ3) is 4.88. The van der Waals surface area contributed by atoms with Crippen LogP contribution in [0.15, 0.2) is 35.7 Å². The second-order valence-electron chi connectivity index (χ2n) is 6.77. The minimum atomic E-state index is -1.06. The first-order chi connectivity index (χ1) is 12.8. The summed E-state index contributed by atoms with van der Waals surface area (Å²) in [7, 11) is 0. The number of pyridine rings is 1. The van der Waals surface area contributed by atoms with Crippen LogP contribution in [0.2, 0.25) is 5.15 Å². The second kappa shape index (κ2) is 8.69. The highest BCUT2D eigenvalue weighted by Crippen LogP contribution is 2.37. The molecule has 1 unspecified atom stereocenters. The van der Waals surface area contributed by atoms with Gasteiger partial charge < -0.3 is 11.1 Å². The van der Waals surface area contributed by atoms with E-state index < -0.39 is 6.17 Å². The molecule has 144 valence electrons. The van der Waals surface area contributed by atoms with Crippen LogP contribution in [0, 0.1) is 6.92 Å². The van der Waals surface area contributed by atoms with Crippen molar-refractivity contribution in [2.75, 3.05) is 5.32 Å². The highest BCUT2D eigenvalue weighted by atomic mass is 35.5. The molecule has 2 atom stereocenters. The average molecular weight is 424 g/mol. The molecule has 0 aliphatic rings. The van der Waals surface area contributed by atoms with Crippen LogP contribution in [0.25, 0.3) is 10.2 Å². The molecule has 3 nitrogen and oxygen atoms in total. The van der Waals surface area contributed by atoms with E-state index in [9.17, 15) is 4.39 Å². The molecule has 0 bridgehead atoms. The number of hydrogen-bond donors (Lipinski definition) is 2. The van der Waals surface area contributed by atoms with Crippen LogP contribution in [-0.2, 0) is 13.0 Å². The molecular weight excluding hydrogens is 401 g/mol. The molecule has 0 fully saturated rings. The lowest BCUT2D eigenvalue weighted by molar-refractivity contribution is 0.337. The van der Waals surface area contributed by atoms with Gasteiger partial charge in [0.2, 0.25) is 0 Å². The molecule has 3 aromatic rings. The summed E-state index contributed by atoms with van der Waals surface area (Å²) in [6, 6.07) is 5.72. The number of nitrogens with two attached hydrogens (primary N) is 1. The minimum Gasteiger partial charge on any atom is -0.379 e. The molecule has 0 spiro atoms. The Morgan fingerprint density at radius 3 is 2.93 bits per heavy atom. The Morgan fingerprint density at radius 2 is 2.26 bits per heavy atom. The van der Waals surface area contributed by atoms with Crippen molar-refractivity contribution in [1.29, 1.82) is 0 Å². The molecule has 3 rings (SSSR count). The summed E-state index contributed by atoms with van der Waals surface area (Å²) < 4.78 is 15.0. The number of rotatable bonds is 8. The Kier molecular flexibility index (Phi) is 6.52. The third-order valence-corrected chi connectivity index (χ3v) is 6.87. The summed E-state index contributed by atoms with van der Waals surface area (Å²) in [5, 5.41) is 5.98. The largest absolute Gasteiger partial charge is 0.379 e. The Bertz CT molecular complexity index is 937. The summed E-state index contributed by atoms with van der Waals surface area (Å²) in [6.45, 7) is 8.13. The van der Waals surface area contributed by atoms with Crippen LogP contribution in [0.1, 0.15) is 28.7 Å². The zero-order valence-corrected chi connectivity index (χ0v) is 17.8. The molecule has 0 amide bonds. The van der Waals surface area contributed by atoms with Crippen molar-refractivity contribution in [1.82, 2.24) is 4.98 Å². The van der Waals surface area contributed by atoms with E-state index in [2.05, 4.69) is 28.3 Å². The van der Waals surface area contributed by atoms with E-state index in [1.165, 1.54) is 4.88 Å². The van der Waals surface area contributed by atoms with Crippen molar-refractivity contribution in [2.24, 2.45) is 5.73 Å². The summed E-state index contributed by atoms with van der Waals surface area (Å²) in [5.74, 6) is 0. The van der Waals surface area contributed by atoms with Gasteiger partial charge in [0.25, 0.3) is 0 Å². The molecule has 3 N–H and O–H groups in total. The van der Waals surface area contributed by atoms with Gasteiger partial charge in [0.1, 0.15) is 11.3 Å². The zero-order valence-electron chi connectivity index (χ0n) is 15.4. The molecule has 0 saturated heterocycles. The Balaban J connectivity index is 1.84. The second-order valence-corrected chi connectivity index (χ2v) is 9.29. The minimum absolute atomic E-state index is 0.263. The predicted molar refractivity (Wildman–Crippen MR) is 117 cm³/mol. The lowest BCUT2D eigenvalue weighted by atomic mass is 10.0. The molecule has 3 aromatic heterocycles. The standard InChI is InChI=1S/C20H23ClFN3S2/c1-11(2)15(22)7-13(23)8-17-12(3)19-20(27-17)16(9-18(21)25-19)24-10-14-5-4-6-26-14/h4-6,9,13,15H,1,7-8,10,23H2,2-3H3,(H,24,25)/t13-,15?/m0/s1. The number of aromatic nitrogens is 1. The van der Waals surface area contributed by atoms with E-state index in [0.717, 1.165) is 32.9 Å².